The van der Waals surface area contributed by atoms with Crippen LogP contribution in [0.2, 0.25) is 0 Å². The number of rotatable bonds is 6. The summed E-state index contributed by atoms with van der Waals surface area (Å²) in [6, 6.07) is 28.4. The van der Waals surface area contributed by atoms with Crippen LogP contribution in [0.1, 0.15) is 10.4 Å². The molecule has 206 valence electrons. The zero-order chi connectivity index (χ0) is 28.6. The van der Waals surface area contributed by atoms with Gasteiger partial charge in [0.05, 0.1) is 28.5 Å². The van der Waals surface area contributed by atoms with Crippen molar-refractivity contribution in [2.45, 2.75) is 5.03 Å². The van der Waals surface area contributed by atoms with Crippen molar-refractivity contribution in [3.63, 3.8) is 0 Å². The molecule has 7 aromatic rings. The molecule has 0 bridgehead atoms. The fourth-order valence-corrected chi connectivity index (χ4v) is 6.09. The molecule has 0 saturated heterocycles. The molecule has 4 aromatic heterocycles. The number of thioether (sulfide) groups is 1. The van der Waals surface area contributed by atoms with E-state index < -0.39 is 5.91 Å². The molecule has 3 aromatic carbocycles. The zero-order valence-electron chi connectivity index (χ0n) is 22.4. The monoisotopic (exact) mass is 590 g/mol. The number of carbonyl (C=O) groups excluding carboxylic acids is 1. The maximum absolute atomic E-state index is 13.4. The van der Waals surface area contributed by atoms with Crippen LogP contribution in [0.25, 0.3) is 44.7 Å². The SMILES string of the molecule is CSc1nn(-c2ccccc2)c(-n2nc(-c3ccno3)sc2=NC(=O)c2ccccc2)c1-c1nc2ccccc2n1C. The lowest BCUT2D eigenvalue weighted by molar-refractivity contribution is 0.0998. The average molecular weight is 591 g/mol. The highest BCUT2D eigenvalue weighted by Gasteiger charge is 2.28. The number of amides is 1. The number of fused-ring (bicyclic) bond motifs is 1. The van der Waals surface area contributed by atoms with Gasteiger partial charge in [-0.25, -0.2) is 9.67 Å². The second kappa shape index (κ2) is 10.7. The van der Waals surface area contributed by atoms with Crippen molar-refractivity contribution in [1.29, 1.82) is 0 Å². The number of benzene rings is 3. The van der Waals surface area contributed by atoms with Gasteiger partial charge < -0.3 is 9.09 Å². The molecular formula is C30H22N8O2S2. The summed E-state index contributed by atoms with van der Waals surface area (Å²) in [7, 11) is 1.98. The van der Waals surface area contributed by atoms with Crippen molar-refractivity contribution in [2.24, 2.45) is 12.0 Å². The van der Waals surface area contributed by atoms with E-state index in [9.17, 15) is 4.79 Å². The minimum atomic E-state index is -0.391. The molecule has 0 fully saturated rings. The maximum Gasteiger partial charge on any atom is 0.279 e. The van der Waals surface area contributed by atoms with E-state index in [4.69, 9.17) is 19.7 Å². The number of carbonyl (C=O) groups is 1. The minimum absolute atomic E-state index is 0.347. The predicted molar refractivity (Wildman–Crippen MR) is 162 cm³/mol. The van der Waals surface area contributed by atoms with Gasteiger partial charge in [-0.3, -0.25) is 4.79 Å². The van der Waals surface area contributed by atoms with E-state index in [1.807, 2.05) is 95.3 Å². The minimum Gasteiger partial charge on any atom is -0.354 e. The van der Waals surface area contributed by atoms with Crippen LogP contribution in [0.4, 0.5) is 0 Å². The van der Waals surface area contributed by atoms with Crippen molar-refractivity contribution < 1.29 is 9.32 Å². The first-order valence-corrected chi connectivity index (χ1v) is 15.0. The molecule has 42 heavy (non-hydrogen) atoms. The van der Waals surface area contributed by atoms with E-state index in [1.54, 1.807) is 29.1 Å². The van der Waals surface area contributed by atoms with E-state index in [0.29, 0.717) is 32.8 Å². The van der Waals surface area contributed by atoms with Gasteiger partial charge in [-0.2, -0.15) is 14.8 Å². The van der Waals surface area contributed by atoms with E-state index in [1.165, 1.54) is 23.1 Å². The Labute approximate surface area is 247 Å². The van der Waals surface area contributed by atoms with Crippen LogP contribution in [0.3, 0.4) is 0 Å². The van der Waals surface area contributed by atoms with Gasteiger partial charge in [-0.05, 0) is 42.7 Å². The Hall–Kier alpha value is -5.07. The molecule has 0 aliphatic rings. The summed E-state index contributed by atoms with van der Waals surface area (Å²) in [5.41, 5.74) is 3.88. The van der Waals surface area contributed by atoms with Crippen LogP contribution in [0, 0.1) is 0 Å². The molecule has 0 radical (unpaired) electrons. The topological polar surface area (TPSA) is 109 Å². The fourth-order valence-electron chi connectivity index (χ4n) is 4.69. The van der Waals surface area contributed by atoms with Gasteiger partial charge in [0.2, 0.25) is 4.80 Å². The quantitative estimate of drug-likeness (QED) is 0.226. The molecule has 0 spiro atoms. The van der Waals surface area contributed by atoms with Crippen LogP contribution < -0.4 is 4.80 Å². The lowest BCUT2D eigenvalue weighted by Crippen LogP contribution is -2.21. The average Bonchev–Trinajstić information content (AvgIpc) is 3.83. The van der Waals surface area contributed by atoms with Crippen LogP contribution >= 0.6 is 23.1 Å². The first kappa shape index (κ1) is 25.9. The lowest BCUT2D eigenvalue weighted by Gasteiger charge is -2.10. The third-order valence-electron chi connectivity index (χ3n) is 6.66. The summed E-state index contributed by atoms with van der Waals surface area (Å²) >= 11 is 2.73. The highest BCUT2D eigenvalue weighted by Crippen LogP contribution is 2.37. The van der Waals surface area contributed by atoms with Gasteiger partial charge in [0.25, 0.3) is 5.91 Å². The summed E-state index contributed by atoms with van der Waals surface area (Å²) < 4.78 is 11.0. The molecule has 4 heterocycles. The van der Waals surface area contributed by atoms with E-state index >= 15 is 0 Å². The molecule has 7 rings (SSSR count). The van der Waals surface area contributed by atoms with Gasteiger partial charge in [0.15, 0.2) is 16.6 Å². The summed E-state index contributed by atoms with van der Waals surface area (Å²) in [5, 5.41) is 15.0. The van der Waals surface area contributed by atoms with Crippen LogP contribution in [0.5, 0.6) is 0 Å². The van der Waals surface area contributed by atoms with Crippen molar-refractivity contribution in [3.05, 3.63) is 108 Å². The molecule has 0 unspecified atom stereocenters. The Morgan fingerprint density at radius 3 is 2.36 bits per heavy atom. The van der Waals surface area contributed by atoms with Crippen LogP contribution in [-0.4, -0.2) is 46.4 Å². The highest BCUT2D eigenvalue weighted by atomic mass is 32.2. The zero-order valence-corrected chi connectivity index (χ0v) is 24.1. The fraction of sp³-hybridized carbons (Fsp3) is 0.0667. The second-order valence-electron chi connectivity index (χ2n) is 9.20. The Bertz CT molecular complexity index is 2110. The third-order valence-corrected chi connectivity index (χ3v) is 8.26. The van der Waals surface area contributed by atoms with E-state index in [0.717, 1.165) is 27.3 Å². The molecule has 10 nitrogen and oxygen atoms in total. The van der Waals surface area contributed by atoms with Crippen molar-refractivity contribution in [2.75, 3.05) is 6.26 Å². The van der Waals surface area contributed by atoms with E-state index in [2.05, 4.69) is 10.1 Å². The normalized spacial score (nSPS) is 11.9. The molecule has 0 aliphatic heterocycles. The lowest BCUT2D eigenvalue weighted by atomic mass is 10.2. The molecule has 0 N–H and O–H groups in total. The molecular weight excluding hydrogens is 569 g/mol. The third kappa shape index (κ3) is 4.46. The molecule has 0 saturated carbocycles. The molecule has 12 heteroatoms. The van der Waals surface area contributed by atoms with Gasteiger partial charge in [-0.15, -0.1) is 16.9 Å². The summed E-state index contributed by atoms with van der Waals surface area (Å²) in [5.74, 6) is 1.37. The first-order valence-electron chi connectivity index (χ1n) is 12.9. The highest BCUT2D eigenvalue weighted by molar-refractivity contribution is 7.98. The Morgan fingerprint density at radius 1 is 0.905 bits per heavy atom. The number of hydrogen-bond donors (Lipinski definition) is 0. The number of aryl methyl sites for hydroxylation is 1. The van der Waals surface area contributed by atoms with Crippen molar-refractivity contribution >= 4 is 40.0 Å². The van der Waals surface area contributed by atoms with Gasteiger partial charge in [0.1, 0.15) is 10.9 Å². The maximum atomic E-state index is 13.4. The van der Waals surface area contributed by atoms with Gasteiger partial charge in [-0.1, -0.05) is 65.0 Å². The molecule has 0 aliphatic carbocycles. The van der Waals surface area contributed by atoms with E-state index in [-0.39, 0.29) is 0 Å². The Kier molecular flexibility index (Phi) is 6.61. The first-order chi connectivity index (χ1) is 20.6. The number of hydrogen-bond acceptors (Lipinski definition) is 8. The predicted octanol–water partition coefficient (Wildman–Crippen LogP) is 5.79. The largest absolute Gasteiger partial charge is 0.354 e. The standard InChI is InChI=1S/C30H22N8O2S2/c1-36-22-16-10-9-15-21(22)32-25(36)24-28(41-2)35-37(20-13-7-4-8-14-20)29(24)38-30(33-26(39)19-11-5-3-6-12-19)42-27(34-38)23-17-18-31-40-23/h3-18H,1-2H3. The number of para-hydroxylation sites is 3. The second-order valence-corrected chi connectivity index (χ2v) is 11.0. The van der Waals surface area contributed by atoms with Gasteiger partial charge in [0, 0.05) is 18.7 Å². The number of imidazole rings is 1. The summed E-state index contributed by atoms with van der Waals surface area (Å²) in [6.45, 7) is 0. The smallest absolute Gasteiger partial charge is 0.279 e. The molecule has 0 atom stereocenters. The Balaban J connectivity index is 1.57. The Morgan fingerprint density at radius 2 is 1.64 bits per heavy atom. The van der Waals surface area contributed by atoms with Gasteiger partial charge >= 0.3 is 0 Å². The van der Waals surface area contributed by atoms with Crippen molar-refractivity contribution in [1.82, 2.24) is 34.3 Å². The van der Waals surface area contributed by atoms with Crippen LogP contribution in [-0.2, 0) is 7.05 Å². The number of aromatic nitrogens is 7. The summed E-state index contributed by atoms with van der Waals surface area (Å²) in [4.78, 5) is 23.3. The van der Waals surface area contributed by atoms with Crippen LogP contribution in [0.15, 0.2) is 112 Å². The molecule has 1 amide bonds. The summed E-state index contributed by atoms with van der Waals surface area (Å²) in [6.07, 6.45) is 3.53. The number of nitrogens with zero attached hydrogens (tertiary/aromatic N) is 8. The van der Waals surface area contributed by atoms with Crippen molar-refractivity contribution in [3.8, 4) is 33.7 Å².